The molecule has 0 saturated carbocycles. The van der Waals surface area contributed by atoms with Crippen molar-refractivity contribution in [3.63, 3.8) is 0 Å². The Labute approximate surface area is 135 Å². The van der Waals surface area contributed by atoms with Crippen LogP contribution in [0.25, 0.3) is 0 Å². The van der Waals surface area contributed by atoms with Crippen LogP contribution in [0, 0.1) is 0 Å². The topological polar surface area (TPSA) is 41.5 Å². The Morgan fingerprint density at radius 2 is 2.19 bits per heavy atom. The van der Waals surface area contributed by atoms with Crippen molar-refractivity contribution in [3.8, 4) is 5.75 Å². The van der Waals surface area contributed by atoms with Gasteiger partial charge in [0.25, 0.3) is 0 Å². The van der Waals surface area contributed by atoms with Crippen LogP contribution in [0.2, 0.25) is 10.0 Å². The Morgan fingerprint density at radius 3 is 2.90 bits per heavy atom. The van der Waals surface area contributed by atoms with Gasteiger partial charge in [-0.2, -0.15) is 0 Å². The summed E-state index contributed by atoms with van der Waals surface area (Å²) in [6.07, 6.45) is 6.55. The molecule has 1 aromatic carbocycles. The smallest absolute Gasteiger partial charge is 0.138 e. The molecule has 1 unspecified atom stereocenters. The van der Waals surface area contributed by atoms with E-state index >= 15 is 0 Å². The van der Waals surface area contributed by atoms with E-state index in [1.54, 1.807) is 18.2 Å². The van der Waals surface area contributed by atoms with Gasteiger partial charge in [-0.1, -0.05) is 34.9 Å². The first-order valence-corrected chi connectivity index (χ1v) is 8.05. The molecule has 0 bridgehead atoms. The minimum Gasteiger partial charge on any atom is -0.489 e. The third kappa shape index (κ3) is 5.87. The number of allylic oxidation sites excluding steroid dienone is 1. The summed E-state index contributed by atoms with van der Waals surface area (Å²) in [5, 5.41) is 14.1. The number of ether oxygens (including phenoxy) is 1. The van der Waals surface area contributed by atoms with E-state index < -0.39 is 6.10 Å². The van der Waals surface area contributed by atoms with Gasteiger partial charge >= 0.3 is 0 Å². The van der Waals surface area contributed by atoms with Crippen LogP contribution in [0.5, 0.6) is 5.75 Å². The predicted molar refractivity (Wildman–Crippen MR) is 87.4 cm³/mol. The van der Waals surface area contributed by atoms with Crippen LogP contribution >= 0.6 is 23.2 Å². The fourth-order valence-corrected chi connectivity index (χ4v) is 2.78. The highest BCUT2D eigenvalue weighted by atomic mass is 35.5. The molecule has 1 aliphatic carbocycles. The largest absolute Gasteiger partial charge is 0.489 e. The lowest BCUT2D eigenvalue weighted by atomic mass is 10.2. The lowest BCUT2D eigenvalue weighted by Crippen LogP contribution is -2.32. The van der Waals surface area contributed by atoms with Gasteiger partial charge in [-0.25, -0.2) is 0 Å². The van der Waals surface area contributed by atoms with E-state index in [0.717, 1.165) is 13.0 Å². The minimum atomic E-state index is -0.561. The van der Waals surface area contributed by atoms with Gasteiger partial charge in [0.1, 0.15) is 18.5 Å². The molecule has 0 fully saturated rings. The number of hydrogen-bond donors (Lipinski definition) is 2. The molecule has 0 spiro atoms. The van der Waals surface area contributed by atoms with Gasteiger partial charge in [0.05, 0.1) is 5.02 Å². The summed E-state index contributed by atoms with van der Waals surface area (Å²) in [4.78, 5) is 0. The first-order valence-electron chi connectivity index (χ1n) is 7.29. The quantitative estimate of drug-likeness (QED) is 0.562. The van der Waals surface area contributed by atoms with Gasteiger partial charge in [-0.3, -0.25) is 0 Å². The summed E-state index contributed by atoms with van der Waals surface area (Å²) in [5.41, 5.74) is 1.53. The fourth-order valence-electron chi connectivity index (χ4n) is 2.32. The highest BCUT2D eigenvalue weighted by molar-refractivity contribution is 6.35. The first kappa shape index (κ1) is 16.6. The Bertz CT molecular complexity index is 491. The lowest BCUT2D eigenvalue weighted by Gasteiger charge is -2.14. The van der Waals surface area contributed by atoms with Crippen LogP contribution in [0.4, 0.5) is 0 Å². The lowest BCUT2D eigenvalue weighted by molar-refractivity contribution is 0.107. The van der Waals surface area contributed by atoms with Gasteiger partial charge in [0, 0.05) is 11.6 Å². The number of nitrogens with one attached hydrogen (secondary N) is 1. The van der Waals surface area contributed by atoms with Crippen molar-refractivity contribution < 1.29 is 9.84 Å². The van der Waals surface area contributed by atoms with E-state index in [9.17, 15) is 5.11 Å². The van der Waals surface area contributed by atoms with E-state index in [2.05, 4.69) is 11.4 Å². The summed E-state index contributed by atoms with van der Waals surface area (Å²) in [7, 11) is 0. The van der Waals surface area contributed by atoms with Crippen LogP contribution in [-0.2, 0) is 0 Å². The summed E-state index contributed by atoms with van der Waals surface area (Å²) < 4.78 is 5.49. The number of hydrogen-bond acceptors (Lipinski definition) is 3. The monoisotopic (exact) mass is 329 g/mol. The van der Waals surface area contributed by atoms with E-state index in [4.69, 9.17) is 27.9 Å². The highest BCUT2D eigenvalue weighted by Gasteiger charge is 2.08. The molecule has 0 aliphatic heterocycles. The maximum absolute atomic E-state index is 9.88. The molecule has 0 heterocycles. The van der Waals surface area contributed by atoms with Gasteiger partial charge in [0.2, 0.25) is 0 Å². The number of halogens is 2. The molecule has 0 aromatic heterocycles. The van der Waals surface area contributed by atoms with Crippen molar-refractivity contribution in [2.24, 2.45) is 0 Å². The van der Waals surface area contributed by atoms with E-state index in [-0.39, 0.29) is 6.61 Å². The van der Waals surface area contributed by atoms with Crippen LogP contribution in [0.3, 0.4) is 0 Å². The summed E-state index contributed by atoms with van der Waals surface area (Å²) in [5.74, 6) is 0.538. The predicted octanol–water partition coefficient (Wildman–Crippen LogP) is 3.82. The molecular formula is C16H21Cl2NO2. The summed E-state index contributed by atoms with van der Waals surface area (Å²) in [6, 6.07) is 5.04. The molecule has 1 aliphatic rings. The summed E-state index contributed by atoms with van der Waals surface area (Å²) >= 11 is 11.8. The molecular weight excluding hydrogens is 309 g/mol. The van der Waals surface area contributed by atoms with E-state index in [1.165, 1.54) is 24.8 Å². The number of benzene rings is 1. The maximum Gasteiger partial charge on any atom is 0.138 e. The molecule has 2 rings (SSSR count). The van der Waals surface area contributed by atoms with E-state index in [1.807, 2.05) is 0 Å². The third-order valence-electron chi connectivity index (χ3n) is 3.46. The average Bonchev–Trinajstić information content (AvgIpc) is 2.96. The Hall–Kier alpha value is -0.740. The van der Waals surface area contributed by atoms with Gasteiger partial charge in [0.15, 0.2) is 0 Å². The van der Waals surface area contributed by atoms with Crippen molar-refractivity contribution in [3.05, 3.63) is 39.9 Å². The highest BCUT2D eigenvalue weighted by Crippen LogP contribution is 2.27. The summed E-state index contributed by atoms with van der Waals surface area (Å²) in [6.45, 7) is 1.61. The number of aliphatic hydroxyl groups excluding tert-OH is 1. The normalized spacial score (nSPS) is 15.9. The molecule has 0 radical (unpaired) electrons. The third-order valence-corrected chi connectivity index (χ3v) is 3.99. The van der Waals surface area contributed by atoms with Crippen molar-refractivity contribution in [1.29, 1.82) is 0 Å². The van der Waals surface area contributed by atoms with Gasteiger partial charge < -0.3 is 15.2 Å². The van der Waals surface area contributed by atoms with Crippen molar-refractivity contribution in [1.82, 2.24) is 5.32 Å². The molecule has 3 nitrogen and oxygen atoms in total. The number of aliphatic hydroxyl groups is 1. The molecule has 5 heteroatoms. The molecule has 1 atom stereocenters. The molecule has 0 amide bonds. The van der Waals surface area contributed by atoms with Crippen LogP contribution < -0.4 is 10.1 Å². The van der Waals surface area contributed by atoms with Gasteiger partial charge in [-0.05, 0) is 50.4 Å². The average molecular weight is 330 g/mol. The van der Waals surface area contributed by atoms with Gasteiger partial charge in [-0.15, -0.1) is 0 Å². The Morgan fingerprint density at radius 1 is 1.33 bits per heavy atom. The molecule has 116 valence electrons. The molecule has 0 saturated heterocycles. The standard InChI is InChI=1S/C16H21Cl2NO2/c17-13-5-6-16(15(18)9-13)21-11-14(20)10-19-8-7-12-3-1-2-4-12/h3,5-6,9,14,19-20H,1-2,4,7-8,10-11H2. The zero-order valence-corrected chi connectivity index (χ0v) is 13.5. The second-order valence-electron chi connectivity index (χ2n) is 5.25. The molecule has 1 aromatic rings. The Balaban J connectivity index is 1.61. The molecule has 21 heavy (non-hydrogen) atoms. The first-order chi connectivity index (χ1) is 10.1. The Kier molecular flexibility index (Phi) is 6.84. The second kappa shape index (κ2) is 8.64. The van der Waals surface area contributed by atoms with Crippen molar-refractivity contribution in [2.75, 3.05) is 19.7 Å². The van der Waals surface area contributed by atoms with Crippen LogP contribution in [-0.4, -0.2) is 30.9 Å². The van der Waals surface area contributed by atoms with Crippen LogP contribution in [0.15, 0.2) is 29.8 Å². The minimum absolute atomic E-state index is 0.205. The van der Waals surface area contributed by atoms with Crippen molar-refractivity contribution in [2.45, 2.75) is 31.8 Å². The second-order valence-corrected chi connectivity index (χ2v) is 6.09. The zero-order chi connectivity index (χ0) is 15.1. The fraction of sp³-hybridized carbons (Fsp3) is 0.500. The van der Waals surface area contributed by atoms with E-state index in [0.29, 0.717) is 22.3 Å². The molecule has 2 N–H and O–H groups in total. The maximum atomic E-state index is 9.88. The zero-order valence-electron chi connectivity index (χ0n) is 11.9. The van der Waals surface area contributed by atoms with Crippen LogP contribution in [0.1, 0.15) is 25.7 Å². The number of rotatable bonds is 8. The van der Waals surface area contributed by atoms with Crippen molar-refractivity contribution >= 4 is 23.2 Å². The SMILES string of the molecule is OC(CNCCC1=CCCC1)COc1ccc(Cl)cc1Cl.